The van der Waals surface area contributed by atoms with Crippen LogP contribution >= 0.6 is 11.6 Å². The Morgan fingerprint density at radius 1 is 1.23 bits per heavy atom. The van der Waals surface area contributed by atoms with Gasteiger partial charge in [-0.05, 0) is 12.1 Å². The maximum absolute atomic E-state index is 12.2. The molecule has 0 spiro atoms. The second-order valence-corrected chi connectivity index (χ2v) is 6.50. The van der Waals surface area contributed by atoms with Gasteiger partial charge in [0, 0.05) is 27.8 Å². The van der Waals surface area contributed by atoms with E-state index in [1.807, 2.05) is 20.8 Å². The third-order valence-electron chi connectivity index (χ3n) is 3.28. The van der Waals surface area contributed by atoms with Crippen molar-refractivity contribution in [3.8, 4) is 0 Å². The Balaban J connectivity index is 2.37. The van der Waals surface area contributed by atoms with Crippen molar-refractivity contribution in [2.45, 2.75) is 26.9 Å². The highest BCUT2D eigenvalue weighted by Crippen LogP contribution is 2.32. The van der Waals surface area contributed by atoms with Crippen molar-refractivity contribution in [2.75, 3.05) is 5.32 Å². The largest absolute Gasteiger partial charge is 0.384 e. The number of hydrogen-bond acceptors (Lipinski definition) is 3. The van der Waals surface area contributed by atoms with Crippen LogP contribution in [0.3, 0.4) is 0 Å². The monoisotopic (exact) mass is 318 g/mol. The number of carbonyl (C=O) groups is 1. The first kappa shape index (κ1) is 16.5. The van der Waals surface area contributed by atoms with E-state index in [1.54, 1.807) is 36.5 Å². The summed E-state index contributed by atoms with van der Waals surface area (Å²) in [5, 5.41) is 13.9. The van der Waals surface area contributed by atoms with Gasteiger partial charge in [0.05, 0.1) is 11.9 Å². The average Bonchev–Trinajstić information content (AvgIpc) is 2.46. The minimum absolute atomic E-state index is 0.145. The lowest BCUT2D eigenvalue weighted by Gasteiger charge is -2.21. The highest BCUT2D eigenvalue weighted by Gasteiger charge is 2.24. The number of carbonyl (C=O) groups excluding carboxylic acids is 1. The molecular weight excluding hydrogens is 300 g/mol. The van der Waals surface area contributed by atoms with Crippen LogP contribution in [0.1, 0.15) is 38.0 Å². The van der Waals surface area contributed by atoms with E-state index in [9.17, 15) is 9.90 Å². The molecule has 2 N–H and O–H groups in total. The van der Waals surface area contributed by atoms with Gasteiger partial charge >= 0.3 is 0 Å². The molecule has 0 fully saturated rings. The average molecular weight is 319 g/mol. The lowest BCUT2D eigenvalue weighted by atomic mass is 9.95. The number of nitrogens with zero attached hydrogens (tertiary/aromatic N) is 1. The molecular formula is C17H19ClN2O2. The number of anilines is 1. The van der Waals surface area contributed by atoms with Crippen LogP contribution in [0.5, 0.6) is 0 Å². The number of pyridine rings is 1. The molecule has 4 nitrogen and oxygen atoms in total. The van der Waals surface area contributed by atoms with Crippen molar-refractivity contribution < 1.29 is 9.90 Å². The molecule has 22 heavy (non-hydrogen) atoms. The van der Waals surface area contributed by atoms with E-state index in [4.69, 9.17) is 11.6 Å². The van der Waals surface area contributed by atoms with E-state index in [1.165, 1.54) is 6.20 Å². The number of benzene rings is 1. The minimum Gasteiger partial charge on any atom is -0.384 e. The molecule has 1 amide bonds. The molecule has 1 aromatic heterocycles. The zero-order chi connectivity index (χ0) is 16.3. The molecule has 0 aliphatic carbocycles. The zero-order valence-corrected chi connectivity index (χ0v) is 13.6. The van der Waals surface area contributed by atoms with Gasteiger partial charge < -0.3 is 10.4 Å². The summed E-state index contributed by atoms with van der Waals surface area (Å²) in [6, 6.07) is 8.75. The van der Waals surface area contributed by atoms with Gasteiger partial charge in [-0.3, -0.25) is 9.78 Å². The van der Waals surface area contributed by atoms with Crippen molar-refractivity contribution in [1.82, 2.24) is 4.98 Å². The molecule has 116 valence electrons. The molecule has 0 saturated carbocycles. The standard InChI is InChI=1S/C17H19ClN2O2/c1-17(2,3)16(22)20-14-10-19-9-8-12(14)15(21)11-6-4-5-7-13(11)18/h4-10,15,21H,1-3H3,(H,20,22). The van der Waals surface area contributed by atoms with Crippen LogP contribution in [0.2, 0.25) is 5.02 Å². The Bertz CT molecular complexity index is 680. The number of amides is 1. The summed E-state index contributed by atoms with van der Waals surface area (Å²) in [6.07, 6.45) is 2.16. The highest BCUT2D eigenvalue weighted by molar-refractivity contribution is 6.31. The second-order valence-electron chi connectivity index (χ2n) is 6.09. The first-order valence-corrected chi connectivity index (χ1v) is 7.36. The van der Waals surface area contributed by atoms with E-state index >= 15 is 0 Å². The van der Waals surface area contributed by atoms with E-state index in [0.717, 1.165) is 0 Å². The van der Waals surface area contributed by atoms with Gasteiger partial charge in [-0.15, -0.1) is 0 Å². The lowest BCUT2D eigenvalue weighted by Crippen LogP contribution is -2.28. The second kappa shape index (κ2) is 6.46. The van der Waals surface area contributed by atoms with E-state index in [2.05, 4.69) is 10.3 Å². The predicted octanol–water partition coefficient (Wildman–Crippen LogP) is 3.80. The summed E-state index contributed by atoms with van der Waals surface area (Å²) >= 11 is 6.14. The van der Waals surface area contributed by atoms with Crippen LogP contribution in [-0.2, 0) is 4.79 Å². The predicted molar refractivity (Wildman–Crippen MR) is 87.8 cm³/mol. The summed E-state index contributed by atoms with van der Waals surface area (Å²) in [5.41, 5.74) is 1.08. The Kier molecular flexibility index (Phi) is 4.84. The van der Waals surface area contributed by atoms with Gasteiger partial charge in [-0.2, -0.15) is 0 Å². The topological polar surface area (TPSA) is 62.2 Å². The first-order valence-electron chi connectivity index (χ1n) is 6.98. The Hall–Kier alpha value is -1.91. The fraction of sp³-hybridized carbons (Fsp3) is 0.294. The summed E-state index contributed by atoms with van der Waals surface area (Å²) in [4.78, 5) is 16.2. The van der Waals surface area contributed by atoms with Crippen molar-refractivity contribution in [3.05, 3.63) is 58.9 Å². The molecule has 1 unspecified atom stereocenters. The Labute approximate surface area is 135 Å². The van der Waals surface area contributed by atoms with Crippen LogP contribution in [-0.4, -0.2) is 16.0 Å². The lowest BCUT2D eigenvalue weighted by molar-refractivity contribution is -0.123. The Morgan fingerprint density at radius 3 is 2.55 bits per heavy atom. The Morgan fingerprint density at radius 2 is 1.91 bits per heavy atom. The van der Waals surface area contributed by atoms with Gasteiger partial charge in [-0.25, -0.2) is 0 Å². The molecule has 0 aliphatic rings. The van der Waals surface area contributed by atoms with Crippen LogP contribution in [0.25, 0.3) is 0 Å². The van der Waals surface area contributed by atoms with Gasteiger partial charge in [0.15, 0.2) is 0 Å². The molecule has 0 bridgehead atoms. The number of aliphatic hydroxyl groups excluding tert-OH is 1. The van der Waals surface area contributed by atoms with Crippen molar-refractivity contribution in [1.29, 1.82) is 0 Å². The summed E-state index contributed by atoms with van der Waals surface area (Å²) in [5.74, 6) is -0.145. The normalized spacial score (nSPS) is 12.8. The van der Waals surface area contributed by atoms with Gasteiger partial charge in [0.1, 0.15) is 6.10 Å². The van der Waals surface area contributed by atoms with Crippen LogP contribution in [0.15, 0.2) is 42.7 Å². The number of rotatable bonds is 3. The number of aromatic nitrogens is 1. The highest BCUT2D eigenvalue weighted by atomic mass is 35.5. The molecule has 2 aromatic rings. The first-order chi connectivity index (χ1) is 10.3. The van der Waals surface area contributed by atoms with Gasteiger partial charge in [0.2, 0.25) is 5.91 Å². The number of aliphatic hydroxyl groups is 1. The quantitative estimate of drug-likeness (QED) is 0.904. The van der Waals surface area contributed by atoms with E-state index in [-0.39, 0.29) is 5.91 Å². The molecule has 5 heteroatoms. The summed E-state index contributed by atoms with van der Waals surface area (Å²) in [6.45, 7) is 5.47. The maximum Gasteiger partial charge on any atom is 0.229 e. The fourth-order valence-corrected chi connectivity index (χ4v) is 2.16. The van der Waals surface area contributed by atoms with Crippen molar-refractivity contribution in [2.24, 2.45) is 5.41 Å². The van der Waals surface area contributed by atoms with Crippen molar-refractivity contribution >= 4 is 23.2 Å². The van der Waals surface area contributed by atoms with Crippen molar-refractivity contribution in [3.63, 3.8) is 0 Å². The molecule has 2 rings (SSSR count). The SMILES string of the molecule is CC(C)(C)C(=O)Nc1cnccc1C(O)c1ccccc1Cl. The number of nitrogens with one attached hydrogen (secondary N) is 1. The third-order valence-corrected chi connectivity index (χ3v) is 3.62. The molecule has 1 atom stereocenters. The molecule has 1 aromatic carbocycles. The molecule has 1 heterocycles. The summed E-state index contributed by atoms with van der Waals surface area (Å²) < 4.78 is 0. The van der Waals surface area contributed by atoms with Gasteiger partial charge in [-0.1, -0.05) is 50.6 Å². The van der Waals surface area contributed by atoms with Crippen LogP contribution in [0, 0.1) is 5.41 Å². The zero-order valence-electron chi connectivity index (χ0n) is 12.8. The maximum atomic E-state index is 12.2. The van der Waals surface area contributed by atoms with E-state index in [0.29, 0.717) is 21.8 Å². The van der Waals surface area contributed by atoms with Crippen LogP contribution < -0.4 is 5.32 Å². The molecule has 0 radical (unpaired) electrons. The van der Waals surface area contributed by atoms with Gasteiger partial charge in [0.25, 0.3) is 0 Å². The smallest absolute Gasteiger partial charge is 0.229 e. The van der Waals surface area contributed by atoms with E-state index < -0.39 is 11.5 Å². The molecule has 0 aliphatic heterocycles. The third kappa shape index (κ3) is 3.64. The van der Waals surface area contributed by atoms with Crippen LogP contribution in [0.4, 0.5) is 5.69 Å². The molecule has 0 saturated heterocycles. The number of halogens is 1. The fourth-order valence-electron chi connectivity index (χ4n) is 1.92. The number of hydrogen-bond donors (Lipinski definition) is 2. The minimum atomic E-state index is -0.938. The summed E-state index contributed by atoms with van der Waals surface area (Å²) in [7, 11) is 0.